The Kier molecular flexibility index (Phi) is 4.01. The molecule has 0 spiro atoms. The molecule has 7 heteroatoms. The maximum absolute atomic E-state index is 13.6. The average Bonchev–Trinajstić information content (AvgIpc) is 3.07. The minimum atomic E-state index is -1.30. The number of carbonyl (C=O) groups is 1. The first-order chi connectivity index (χ1) is 11.1. The van der Waals surface area contributed by atoms with Gasteiger partial charge in [0, 0.05) is 6.20 Å². The van der Waals surface area contributed by atoms with Gasteiger partial charge in [-0.2, -0.15) is 5.10 Å². The number of halogens is 1. The molecule has 3 rings (SSSR count). The number of pyridine rings is 1. The largest absolute Gasteiger partial charge is 0.487 e. The third kappa shape index (κ3) is 3.34. The van der Waals surface area contributed by atoms with Crippen LogP contribution in [0.3, 0.4) is 0 Å². The summed E-state index contributed by atoms with van der Waals surface area (Å²) in [6, 6.07) is 9.20. The van der Waals surface area contributed by atoms with Crippen LogP contribution < -0.4 is 4.74 Å². The molecule has 0 atom stereocenters. The van der Waals surface area contributed by atoms with Crippen molar-refractivity contribution in [3.05, 3.63) is 65.7 Å². The molecule has 23 heavy (non-hydrogen) atoms. The molecule has 0 bridgehead atoms. The van der Waals surface area contributed by atoms with Gasteiger partial charge in [0.05, 0.1) is 23.1 Å². The molecular weight excluding hydrogens is 301 g/mol. The molecule has 2 aromatic heterocycles. The van der Waals surface area contributed by atoms with Gasteiger partial charge in [-0.25, -0.2) is 9.18 Å². The second-order valence-electron chi connectivity index (χ2n) is 4.76. The van der Waals surface area contributed by atoms with Gasteiger partial charge >= 0.3 is 5.97 Å². The van der Waals surface area contributed by atoms with E-state index >= 15 is 0 Å². The van der Waals surface area contributed by atoms with Crippen LogP contribution in [0, 0.1) is 5.82 Å². The van der Waals surface area contributed by atoms with E-state index in [1.807, 2.05) is 0 Å². The number of nitrogens with one attached hydrogen (secondary N) is 1. The van der Waals surface area contributed by atoms with E-state index in [4.69, 9.17) is 9.84 Å². The number of rotatable bonds is 5. The van der Waals surface area contributed by atoms with E-state index in [0.717, 1.165) is 17.5 Å². The Hall–Kier alpha value is -3.22. The molecule has 0 aliphatic heterocycles. The molecule has 2 N–H and O–H groups in total. The highest BCUT2D eigenvalue weighted by Gasteiger charge is 2.10. The SMILES string of the molecule is O=C(O)c1ccc(COc2ccc(-c3ccn[nH]3)nc2)cc1F. The number of hydrogen-bond donors (Lipinski definition) is 2. The predicted molar refractivity (Wildman–Crippen MR) is 79.5 cm³/mol. The Morgan fingerprint density at radius 3 is 2.74 bits per heavy atom. The number of carboxylic acid groups (broad SMARTS) is 1. The van der Waals surface area contributed by atoms with Crippen molar-refractivity contribution in [3.8, 4) is 17.1 Å². The molecule has 0 fully saturated rings. The van der Waals surface area contributed by atoms with Gasteiger partial charge in [0.2, 0.25) is 0 Å². The zero-order valence-corrected chi connectivity index (χ0v) is 11.9. The quantitative estimate of drug-likeness (QED) is 0.756. The Morgan fingerprint density at radius 1 is 1.26 bits per heavy atom. The van der Waals surface area contributed by atoms with Gasteiger partial charge in [-0.3, -0.25) is 10.1 Å². The van der Waals surface area contributed by atoms with E-state index < -0.39 is 11.8 Å². The summed E-state index contributed by atoms with van der Waals surface area (Å²) in [6.45, 7) is 0.113. The number of carboxylic acids is 1. The van der Waals surface area contributed by atoms with Crippen molar-refractivity contribution in [2.75, 3.05) is 0 Å². The van der Waals surface area contributed by atoms with Crippen LogP contribution in [0.25, 0.3) is 11.4 Å². The second kappa shape index (κ2) is 6.27. The summed E-state index contributed by atoms with van der Waals surface area (Å²) in [5, 5.41) is 15.4. The van der Waals surface area contributed by atoms with Crippen molar-refractivity contribution in [3.63, 3.8) is 0 Å². The fourth-order valence-corrected chi connectivity index (χ4v) is 2.01. The highest BCUT2D eigenvalue weighted by atomic mass is 19.1. The van der Waals surface area contributed by atoms with Crippen LogP contribution in [0.4, 0.5) is 4.39 Å². The Labute approximate surface area is 130 Å². The Bertz CT molecular complexity index is 817. The third-order valence-electron chi connectivity index (χ3n) is 3.18. The molecule has 1 aromatic carbocycles. The topological polar surface area (TPSA) is 88.1 Å². The van der Waals surface area contributed by atoms with Gasteiger partial charge in [-0.15, -0.1) is 0 Å². The number of H-pyrrole nitrogens is 1. The lowest BCUT2D eigenvalue weighted by molar-refractivity contribution is 0.0692. The minimum absolute atomic E-state index is 0.113. The van der Waals surface area contributed by atoms with Crippen molar-refractivity contribution in [1.29, 1.82) is 0 Å². The molecular formula is C16H12FN3O3. The molecule has 0 aliphatic rings. The number of nitrogens with zero attached hydrogens (tertiary/aromatic N) is 2. The third-order valence-corrected chi connectivity index (χ3v) is 3.18. The first-order valence-electron chi connectivity index (χ1n) is 6.74. The fraction of sp³-hybridized carbons (Fsp3) is 0.0625. The molecule has 116 valence electrons. The Balaban J connectivity index is 1.66. The highest BCUT2D eigenvalue weighted by molar-refractivity contribution is 5.87. The van der Waals surface area contributed by atoms with Crippen LogP contribution in [0.15, 0.2) is 48.8 Å². The van der Waals surface area contributed by atoms with E-state index in [9.17, 15) is 9.18 Å². The van der Waals surface area contributed by atoms with E-state index in [1.54, 1.807) is 30.6 Å². The standard InChI is InChI=1S/C16H12FN3O3/c17-13-7-10(1-3-12(13)16(21)22)9-23-11-2-4-14(18-8-11)15-5-6-19-20-15/h1-8H,9H2,(H,19,20)(H,21,22). The van der Waals surface area contributed by atoms with E-state index in [1.165, 1.54) is 12.1 Å². The van der Waals surface area contributed by atoms with Crippen molar-refractivity contribution in [2.45, 2.75) is 6.61 Å². The lowest BCUT2D eigenvalue weighted by Crippen LogP contribution is -2.03. The van der Waals surface area contributed by atoms with Gasteiger partial charge in [-0.05, 0) is 35.9 Å². The number of benzene rings is 1. The van der Waals surface area contributed by atoms with Crippen LogP contribution in [0.1, 0.15) is 15.9 Å². The predicted octanol–water partition coefficient (Wildman–Crippen LogP) is 2.89. The van der Waals surface area contributed by atoms with Gasteiger partial charge in [0.1, 0.15) is 18.2 Å². The van der Waals surface area contributed by atoms with Gasteiger partial charge in [0.15, 0.2) is 0 Å². The Morgan fingerprint density at radius 2 is 2.13 bits per heavy atom. The number of aromatic nitrogens is 3. The van der Waals surface area contributed by atoms with Crippen LogP contribution >= 0.6 is 0 Å². The fourth-order valence-electron chi connectivity index (χ4n) is 2.01. The first-order valence-corrected chi connectivity index (χ1v) is 6.74. The van der Waals surface area contributed by atoms with Crippen LogP contribution in [-0.2, 0) is 6.61 Å². The molecule has 0 amide bonds. The van der Waals surface area contributed by atoms with Gasteiger partial charge in [0.25, 0.3) is 0 Å². The van der Waals surface area contributed by atoms with Crippen LogP contribution in [0.2, 0.25) is 0 Å². The summed E-state index contributed by atoms with van der Waals surface area (Å²) in [5.41, 5.74) is 1.69. The number of aromatic amines is 1. The smallest absolute Gasteiger partial charge is 0.338 e. The normalized spacial score (nSPS) is 10.5. The summed E-state index contributed by atoms with van der Waals surface area (Å²) in [6.07, 6.45) is 3.19. The number of hydrogen-bond acceptors (Lipinski definition) is 4. The summed E-state index contributed by atoms with van der Waals surface area (Å²) >= 11 is 0. The average molecular weight is 313 g/mol. The first kappa shape index (κ1) is 14.7. The zero-order chi connectivity index (χ0) is 16.2. The van der Waals surface area contributed by atoms with E-state index in [-0.39, 0.29) is 12.2 Å². The molecule has 3 aromatic rings. The minimum Gasteiger partial charge on any atom is -0.487 e. The number of aromatic carboxylic acids is 1. The molecule has 2 heterocycles. The van der Waals surface area contributed by atoms with E-state index in [2.05, 4.69) is 15.2 Å². The highest BCUT2D eigenvalue weighted by Crippen LogP contribution is 2.18. The second-order valence-corrected chi connectivity index (χ2v) is 4.76. The van der Waals surface area contributed by atoms with Gasteiger partial charge in [-0.1, -0.05) is 6.07 Å². The molecule has 0 aliphatic carbocycles. The summed E-state index contributed by atoms with van der Waals surface area (Å²) in [5.74, 6) is -1.56. The maximum Gasteiger partial charge on any atom is 0.338 e. The summed E-state index contributed by atoms with van der Waals surface area (Å²) < 4.78 is 19.1. The molecule has 0 saturated carbocycles. The summed E-state index contributed by atoms with van der Waals surface area (Å²) in [4.78, 5) is 15.0. The van der Waals surface area contributed by atoms with Gasteiger partial charge < -0.3 is 9.84 Å². The summed E-state index contributed by atoms with van der Waals surface area (Å²) in [7, 11) is 0. The molecule has 0 unspecified atom stereocenters. The lowest BCUT2D eigenvalue weighted by atomic mass is 10.1. The van der Waals surface area contributed by atoms with E-state index in [0.29, 0.717) is 11.3 Å². The van der Waals surface area contributed by atoms with Crippen LogP contribution in [-0.4, -0.2) is 26.3 Å². The number of ether oxygens (including phenoxy) is 1. The van der Waals surface area contributed by atoms with Crippen molar-refractivity contribution >= 4 is 5.97 Å². The van der Waals surface area contributed by atoms with Crippen molar-refractivity contribution in [1.82, 2.24) is 15.2 Å². The lowest BCUT2D eigenvalue weighted by Gasteiger charge is -2.07. The van der Waals surface area contributed by atoms with Crippen LogP contribution in [0.5, 0.6) is 5.75 Å². The zero-order valence-electron chi connectivity index (χ0n) is 11.9. The molecule has 0 saturated heterocycles. The van der Waals surface area contributed by atoms with Crippen molar-refractivity contribution < 1.29 is 19.0 Å². The van der Waals surface area contributed by atoms with Crippen molar-refractivity contribution in [2.24, 2.45) is 0 Å². The molecule has 6 nitrogen and oxygen atoms in total. The maximum atomic E-state index is 13.6. The monoisotopic (exact) mass is 313 g/mol. The molecule has 0 radical (unpaired) electrons.